The Morgan fingerprint density at radius 2 is 2.08 bits per heavy atom. The second-order valence-corrected chi connectivity index (χ2v) is 6.36. The first-order chi connectivity index (χ1) is 12.5. The van der Waals surface area contributed by atoms with Gasteiger partial charge in [-0.05, 0) is 56.5 Å². The van der Waals surface area contributed by atoms with Crippen molar-refractivity contribution >= 4 is 16.9 Å². The van der Waals surface area contributed by atoms with Crippen molar-refractivity contribution in [1.82, 2.24) is 10.3 Å². The Balaban J connectivity index is 1.67. The van der Waals surface area contributed by atoms with Crippen LogP contribution < -0.4 is 10.1 Å². The first-order valence-electron chi connectivity index (χ1n) is 8.92. The van der Waals surface area contributed by atoms with Crippen LogP contribution in [-0.4, -0.2) is 17.5 Å². The van der Waals surface area contributed by atoms with Gasteiger partial charge in [0.15, 0.2) is 0 Å². The Morgan fingerprint density at radius 3 is 2.77 bits per heavy atom. The summed E-state index contributed by atoms with van der Waals surface area (Å²) in [7, 11) is 0. The van der Waals surface area contributed by atoms with Gasteiger partial charge in [-0.1, -0.05) is 12.1 Å². The third-order valence-corrected chi connectivity index (χ3v) is 4.23. The van der Waals surface area contributed by atoms with Crippen LogP contribution in [0.25, 0.3) is 11.0 Å². The van der Waals surface area contributed by atoms with E-state index in [0.717, 1.165) is 41.0 Å². The standard InChI is InChI=1S/C21H24N2O3/c1-4-25-19-10-9-18(22-13-19)8-6-16-5-7-17-12-20(26-21(17)11-16)14(2)23-15(3)24/h5,7,9-14H,4,6,8H2,1-3H3,(H,23,24). The van der Waals surface area contributed by atoms with Gasteiger partial charge in [-0.3, -0.25) is 9.78 Å². The Kier molecular flexibility index (Phi) is 5.56. The Morgan fingerprint density at radius 1 is 1.23 bits per heavy atom. The van der Waals surface area contributed by atoms with Gasteiger partial charge in [-0.25, -0.2) is 0 Å². The number of hydrogen-bond acceptors (Lipinski definition) is 4. The van der Waals surface area contributed by atoms with Gasteiger partial charge in [-0.15, -0.1) is 0 Å². The Bertz CT molecular complexity index is 884. The molecule has 2 aromatic heterocycles. The van der Waals surface area contributed by atoms with Gasteiger partial charge in [0.05, 0.1) is 18.8 Å². The monoisotopic (exact) mass is 352 g/mol. The van der Waals surface area contributed by atoms with Crippen molar-refractivity contribution in [2.45, 2.75) is 39.7 Å². The van der Waals surface area contributed by atoms with Gasteiger partial charge in [0.1, 0.15) is 17.1 Å². The van der Waals surface area contributed by atoms with Crippen molar-refractivity contribution in [2.75, 3.05) is 6.61 Å². The lowest BCUT2D eigenvalue weighted by Gasteiger charge is -2.08. The molecule has 0 aliphatic carbocycles. The molecule has 0 radical (unpaired) electrons. The van der Waals surface area contributed by atoms with Gasteiger partial charge >= 0.3 is 0 Å². The molecule has 0 saturated carbocycles. The summed E-state index contributed by atoms with van der Waals surface area (Å²) in [5.74, 6) is 1.50. The molecule has 2 heterocycles. The number of pyridine rings is 1. The Labute approximate surface area is 153 Å². The number of benzene rings is 1. The summed E-state index contributed by atoms with van der Waals surface area (Å²) < 4.78 is 11.3. The number of nitrogens with zero attached hydrogens (tertiary/aromatic N) is 1. The lowest BCUT2D eigenvalue weighted by atomic mass is 10.1. The number of aromatic nitrogens is 1. The zero-order valence-corrected chi connectivity index (χ0v) is 15.4. The SMILES string of the molecule is CCOc1ccc(CCc2ccc3cc(C(C)NC(C)=O)oc3c2)nc1. The van der Waals surface area contributed by atoms with Crippen molar-refractivity contribution in [3.8, 4) is 5.75 Å². The molecular weight excluding hydrogens is 328 g/mol. The minimum absolute atomic E-state index is 0.0681. The highest BCUT2D eigenvalue weighted by Gasteiger charge is 2.12. The maximum atomic E-state index is 11.2. The molecule has 1 N–H and O–H groups in total. The zero-order valence-electron chi connectivity index (χ0n) is 15.4. The molecule has 1 atom stereocenters. The molecule has 136 valence electrons. The van der Waals surface area contributed by atoms with Crippen LogP contribution in [0.5, 0.6) is 5.75 Å². The molecule has 3 rings (SSSR count). The summed E-state index contributed by atoms with van der Waals surface area (Å²) in [6, 6.07) is 12.0. The Hall–Kier alpha value is -2.82. The maximum Gasteiger partial charge on any atom is 0.217 e. The van der Waals surface area contributed by atoms with Crippen LogP contribution in [0, 0.1) is 0 Å². The highest BCUT2D eigenvalue weighted by Crippen LogP contribution is 2.25. The van der Waals surface area contributed by atoms with E-state index in [1.807, 2.05) is 32.0 Å². The number of nitrogens with one attached hydrogen (secondary N) is 1. The van der Waals surface area contributed by atoms with Crippen LogP contribution in [0.15, 0.2) is 47.0 Å². The van der Waals surface area contributed by atoms with E-state index in [1.165, 1.54) is 12.5 Å². The summed E-state index contributed by atoms with van der Waals surface area (Å²) >= 11 is 0. The summed E-state index contributed by atoms with van der Waals surface area (Å²) in [4.78, 5) is 15.6. The van der Waals surface area contributed by atoms with Gasteiger partial charge in [0.2, 0.25) is 5.91 Å². The molecule has 3 aromatic rings. The number of rotatable bonds is 7. The molecule has 1 aromatic carbocycles. The van der Waals surface area contributed by atoms with E-state index in [9.17, 15) is 4.79 Å². The number of hydrogen-bond donors (Lipinski definition) is 1. The summed E-state index contributed by atoms with van der Waals surface area (Å²) in [6.07, 6.45) is 3.51. The van der Waals surface area contributed by atoms with E-state index >= 15 is 0 Å². The lowest BCUT2D eigenvalue weighted by molar-refractivity contribution is -0.119. The molecule has 0 aliphatic rings. The summed E-state index contributed by atoms with van der Waals surface area (Å²) in [5, 5.41) is 3.89. The summed E-state index contributed by atoms with van der Waals surface area (Å²) in [6.45, 7) is 6.03. The average molecular weight is 352 g/mol. The van der Waals surface area contributed by atoms with E-state index < -0.39 is 0 Å². The number of carbonyl (C=O) groups excluding carboxylic acids is 1. The van der Waals surface area contributed by atoms with Crippen LogP contribution in [-0.2, 0) is 17.6 Å². The van der Waals surface area contributed by atoms with Gasteiger partial charge in [0.25, 0.3) is 0 Å². The normalized spacial score (nSPS) is 12.1. The number of ether oxygens (including phenoxy) is 1. The van der Waals surface area contributed by atoms with E-state index in [4.69, 9.17) is 9.15 Å². The molecule has 1 unspecified atom stereocenters. The number of carbonyl (C=O) groups is 1. The zero-order chi connectivity index (χ0) is 18.5. The van der Waals surface area contributed by atoms with Crippen LogP contribution in [0.2, 0.25) is 0 Å². The van der Waals surface area contributed by atoms with Crippen LogP contribution in [0.4, 0.5) is 0 Å². The quantitative estimate of drug-likeness (QED) is 0.692. The molecule has 1 amide bonds. The summed E-state index contributed by atoms with van der Waals surface area (Å²) in [5.41, 5.74) is 3.07. The van der Waals surface area contributed by atoms with Crippen molar-refractivity contribution in [3.63, 3.8) is 0 Å². The fourth-order valence-corrected chi connectivity index (χ4v) is 2.92. The average Bonchev–Trinajstić information content (AvgIpc) is 3.04. The number of fused-ring (bicyclic) bond motifs is 1. The third kappa shape index (κ3) is 4.42. The van der Waals surface area contributed by atoms with E-state index in [2.05, 4.69) is 28.5 Å². The second-order valence-electron chi connectivity index (χ2n) is 6.36. The predicted octanol–water partition coefficient (Wildman–Crippen LogP) is 4.21. The molecule has 0 saturated heterocycles. The van der Waals surface area contributed by atoms with Crippen LogP contribution in [0.1, 0.15) is 43.8 Å². The molecule has 26 heavy (non-hydrogen) atoms. The van der Waals surface area contributed by atoms with Gasteiger partial charge in [0, 0.05) is 18.0 Å². The number of furan rings is 1. The molecule has 5 nitrogen and oxygen atoms in total. The minimum Gasteiger partial charge on any atom is -0.492 e. The van der Waals surface area contributed by atoms with E-state index in [1.54, 1.807) is 6.20 Å². The molecule has 0 spiro atoms. The predicted molar refractivity (Wildman–Crippen MR) is 101 cm³/mol. The van der Waals surface area contributed by atoms with Crippen molar-refractivity contribution < 1.29 is 13.9 Å². The number of aryl methyl sites for hydroxylation is 2. The second kappa shape index (κ2) is 8.04. The first-order valence-corrected chi connectivity index (χ1v) is 8.92. The highest BCUT2D eigenvalue weighted by molar-refractivity contribution is 5.79. The molecule has 0 aliphatic heterocycles. The smallest absolute Gasteiger partial charge is 0.217 e. The lowest BCUT2D eigenvalue weighted by Crippen LogP contribution is -2.23. The maximum absolute atomic E-state index is 11.2. The van der Waals surface area contributed by atoms with Crippen LogP contribution in [0.3, 0.4) is 0 Å². The fraction of sp³-hybridized carbons (Fsp3) is 0.333. The molecular formula is C21H24N2O3. The molecule has 5 heteroatoms. The largest absolute Gasteiger partial charge is 0.492 e. The van der Waals surface area contributed by atoms with Gasteiger partial charge in [-0.2, -0.15) is 0 Å². The van der Waals surface area contributed by atoms with E-state index in [0.29, 0.717) is 6.61 Å². The number of amides is 1. The topological polar surface area (TPSA) is 64.4 Å². The fourth-order valence-electron chi connectivity index (χ4n) is 2.92. The van der Waals surface area contributed by atoms with Gasteiger partial charge < -0.3 is 14.5 Å². The van der Waals surface area contributed by atoms with Crippen molar-refractivity contribution in [1.29, 1.82) is 0 Å². The van der Waals surface area contributed by atoms with Crippen molar-refractivity contribution in [3.05, 3.63) is 59.6 Å². The first kappa shape index (κ1) is 18.0. The van der Waals surface area contributed by atoms with E-state index in [-0.39, 0.29) is 11.9 Å². The van der Waals surface area contributed by atoms with Crippen LogP contribution >= 0.6 is 0 Å². The third-order valence-electron chi connectivity index (χ3n) is 4.23. The van der Waals surface area contributed by atoms with Crippen molar-refractivity contribution in [2.24, 2.45) is 0 Å². The highest BCUT2D eigenvalue weighted by atomic mass is 16.5. The molecule has 0 fully saturated rings. The minimum atomic E-state index is -0.142. The molecule has 0 bridgehead atoms.